The van der Waals surface area contributed by atoms with Crippen molar-refractivity contribution < 1.29 is 28.2 Å². The van der Waals surface area contributed by atoms with E-state index in [-0.39, 0.29) is 5.95 Å². The van der Waals surface area contributed by atoms with Crippen molar-refractivity contribution in [2.45, 2.75) is 44.4 Å². The Balaban J connectivity index is 1.56. The van der Waals surface area contributed by atoms with Crippen LogP contribution in [0.1, 0.15) is 42.5 Å². The summed E-state index contributed by atoms with van der Waals surface area (Å²) in [6.07, 6.45) is 1.10. The molecule has 1 saturated carbocycles. The van der Waals surface area contributed by atoms with E-state index in [9.17, 15) is 28.2 Å². The molecule has 0 bridgehead atoms. The van der Waals surface area contributed by atoms with Crippen molar-refractivity contribution in [3.63, 3.8) is 0 Å². The predicted molar refractivity (Wildman–Crippen MR) is 112 cm³/mol. The molecule has 0 amide bonds. The summed E-state index contributed by atoms with van der Waals surface area (Å²) in [5, 5.41) is 27.3. The number of hydrogen-bond donors (Lipinski definition) is 3. The smallest absolute Gasteiger partial charge is 0.433 e. The van der Waals surface area contributed by atoms with Crippen LogP contribution >= 0.6 is 0 Å². The van der Waals surface area contributed by atoms with Crippen LogP contribution in [0, 0.1) is 12.8 Å². The molecule has 3 N–H and O–H groups in total. The first kappa shape index (κ1) is 22.7. The number of carbonyl (C=O) groups is 1. The third kappa shape index (κ3) is 4.98. The van der Waals surface area contributed by atoms with Crippen LogP contribution < -0.4 is 5.32 Å². The fraction of sp³-hybridized carbons (Fsp3) is 0.364. The molecule has 11 heteroatoms. The highest BCUT2D eigenvalue weighted by Gasteiger charge is 2.38. The minimum atomic E-state index is -4.58. The normalized spacial score (nSPS) is 21.1. The SMILES string of the molecule is Cc1cc(Nc2nccc(C(F)(F)F)n2)cc(-n2cc(C3(O)CCC(C(=O)O)CC3)cn2)c1. The Morgan fingerprint density at radius 2 is 1.97 bits per heavy atom. The Morgan fingerprint density at radius 3 is 2.64 bits per heavy atom. The molecular formula is C22H22F3N5O3. The number of carboxylic acid groups (broad SMARTS) is 1. The summed E-state index contributed by atoms with van der Waals surface area (Å²) in [7, 11) is 0. The van der Waals surface area contributed by atoms with Crippen LogP contribution in [0.5, 0.6) is 0 Å². The second-order valence-electron chi connectivity index (χ2n) is 8.26. The second kappa shape index (κ2) is 8.47. The van der Waals surface area contributed by atoms with Gasteiger partial charge in [0.05, 0.1) is 23.4 Å². The Morgan fingerprint density at radius 1 is 1.24 bits per heavy atom. The number of nitrogens with zero attached hydrogens (tertiary/aromatic N) is 4. The molecule has 33 heavy (non-hydrogen) atoms. The van der Waals surface area contributed by atoms with Gasteiger partial charge in [0.25, 0.3) is 0 Å². The van der Waals surface area contributed by atoms with Gasteiger partial charge in [-0.25, -0.2) is 14.6 Å². The van der Waals surface area contributed by atoms with Crippen molar-refractivity contribution in [3.8, 4) is 5.69 Å². The van der Waals surface area contributed by atoms with E-state index in [4.69, 9.17) is 0 Å². The van der Waals surface area contributed by atoms with E-state index in [1.54, 1.807) is 29.2 Å². The molecule has 8 nitrogen and oxygen atoms in total. The lowest BCUT2D eigenvalue weighted by molar-refractivity contribution is -0.145. The van der Waals surface area contributed by atoms with E-state index in [1.165, 1.54) is 0 Å². The summed E-state index contributed by atoms with van der Waals surface area (Å²) < 4.78 is 40.3. The summed E-state index contributed by atoms with van der Waals surface area (Å²) in [6, 6.07) is 6.05. The summed E-state index contributed by atoms with van der Waals surface area (Å²) >= 11 is 0. The lowest BCUT2D eigenvalue weighted by Crippen LogP contribution is -2.33. The second-order valence-corrected chi connectivity index (χ2v) is 8.26. The number of anilines is 2. The van der Waals surface area contributed by atoms with Crippen molar-refractivity contribution in [1.82, 2.24) is 19.7 Å². The number of benzene rings is 1. The van der Waals surface area contributed by atoms with Gasteiger partial charge in [0.15, 0.2) is 0 Å². The molecule has 174 valence electrons. The topological polar surface area (TPSA) is 113 Å². The number of hydrogen-bond acceptors (Lipinski definition) is 6. The lowest BCUT2D eigenvalue weighted by Gasteiger charge is -2.33. The number of rotatable bonds is 5. The number of alkyl halides is 3. The van der Waals surface area contributed by atoms with Crippen LogP contribution in [0.2, 0.25) is 0 Å². The van der Waals surface area contributed by atoms with Gasteiger partial charge in [-0.3, -0.25) is 4.79 Å². The minimum absolute atomic E-state index is 0.188. The molecule has 0 spiro atoms. The van der Waals surface area contributed by atoms with Gasteiger partial charge in [-0.05, 0) is 62.4 Å². The maximum atomic E-state index is 12.9. The molecule has 0 saturated heterocycles. The summed E-state index contributed by atoms with van der Waals surface area (Å²) in [6.45, 7) is 1.83. The highest BCUT2D eigenvalue weighted by molar-refractivity contribution is 5.70. The molecule has 0 atom stereocenters. The fourth-order valence-corrected chi connectivity index (χ4v) is 4.01. The number of aryl methyl sites for hydroxylation is 1. The summed E-state index contributed by atoms with van der Waals surface area (Å²) in [5.41, 5.74) is 0.306. The Bertz CT molecular complexity index is 1170. The van der Waals surface area contributed by atoms with Crippen LogP contribution in [-0.4, -0.2) is 35.9 Å². The number of aliphatic carboxylic acids is 1. The largest absolute Gasteiger partial charge is 0.481 e. The van der Waals surface area contributed by atoms with E-state index in [0.717, 1.165) is 17.8 Å². The first-order valence-corrected chi connectivity index (χ1v) is 10.3. The molecule has 2 heterocycles. The Hall–Kier alpha value is -3.47. The number of halogens is 3. The number of aliphatic hydroxyl groups is 1. The van der Waals surface area contributed by atoms with Crippen molar-refractivity contribution >= 4 is 17.6 Å². The molecule has 0 aliphatic heterocycles. The zero-order chi connectivity index (χ0) is 23.8. The first-order chi connectivity index (χ1) is 15.5. The highest BCUT2D eigenvalue weighted by Crippen LogP contribution is 2.39. The first-order valence-electron chi connectivity index (χ1n) is 10.3. The van der Waals surface area contributed by atoms with Gasteiger partial charge in [0, 0.05) is 23.6 Å². The highest BCUT2D eigenvalue weighted by atomic mass is 19.4. The molecular weight excluding hydrogens is 439 g/mol. The maximum Gasteiger partial charge on any atom is 0.433 e. The van der Waals surface area contributed by atoms with Gasteiger partial charge in [-0.15, -0.1) is 0 Å². The average Bonchev–Trinajstić information content (AvgIpc) is 3.25. The molecule has 1 aliphatic rings. The molecule has 1 fully saturated rings. The zero-order valence-corrected chi connectivity index (χ0v) is 17.7. The van der Waals surface area contributed by atoms with Gasteiger partial charge in [0.2, 0.25) is 5.95 Å². The fourth-order valence-electron chi connectivity index (χ4n) is 4.01. The third-order valence-corrected chi connectivity index (χ3v) is 5.81. The zero-order valence-electron chi connectivity index (χ0n) is 17.7. The van der Waals surface area contributed by atoms with Gasteiger partial charge in [0.1, 0.15) is 5.69 Å². The van der Waals surface area contributed by atoms with Crippen molar-refractivity contribution in [3.05, 3.63) is 59.7 Å². The third-order valence-electron chi connectivity index (χ3n) is 5.81. The van der Waals surface area contributed by atoms with Crippen molar-refractivity contribution in [2.75, 3.05) is 5.32 Å². The number of nitrogens with one attached hydrogen (secondary N) is 1. The molecule has 0 radical (unpaired) electrons. The van der Waals surface area contributed by atoms with E-state index < -0.39 is 29.4 Å². The molecule has 2 aromatic heterocycles. The molecule has 4 rings (SSSR count). The van der Waals surface area contributed by atoms with Crippen LogP contribution in [-0.2, 0) is 16.6 Å². The van der Waals surface area contributed by atoms with Gasteiger partial charge in [-0.2, -0.15) is 18.3 Å². The van der Waals surface area contributed by atoms with E-state index in [0.29, 0.717) is 42.6 Å². The summed E-state index contributed by atoms with van der Waals surface area (Å²) in [5.74, 6) is -1.49. The molecule has 1 aromatic carbocycles. The summed E-state index contributed by atoms with van der Waals surface area (Å²) in [4.78, 5) is 18.6. The van der Waals surface area contributed by atoms with Crippen LogP contribution in [0.25, 0.3) is 5.69 Å². The van der Waals surface area contributed by atoms with Gasteiger partial charge >= 0.3 is 12.1 Å². The average molecular weight is 461 g/mol. The van der Waals surface area contributed by atoms with E-state index in [2.05, 4.69) is 20.4 Å². The van der Waals surface area contributed by atoms with Crippen LogP contribution in [0.4, 0.5) is 24.8 Å². The Kier molecular flexibility index (Phi) is 5.83. The minimum Gasteiger partial charge on any atom is -0.481 e. The lowest BCUT2D eigenvalue weighted by atomic mass is 9.76. The Labute approximate surface area is 187 Å². The number of carboxylic acids is 1. The number of aromatic nitrogens is 4. The standard InChI is InChI=1S/C22H22F3N5O3/c1-13-8-16(28-20-26-7-4-18(29-20)22(23,24)25)10-17(9-13)30-12-15(11-27-30)21(33)5-2-14(3-6-21)19(31)32/h4,7-12,14,33H,2-3,5-6H2,1H3,(H,31,32)(H,26,28,29). The molecule has 0 unspecified atom stereocenters. The van der Waals surface area contributed by atoms with E-state index >= 15 is 0 Å². The van der Waals surface area contributed by atoms with Crippen LogP contribution in [0.15, 0.2) is 42.9 Å². The van der Waals surface area contributed by atoms with Crippen molar-refractivity contribution in [1.29, 1.82) is 0 Å². The maximum absolute atomic E-state index is 12.9. The quantitative estimate of drug-likeness (QED) is 0.522. The molecule has 3 aromatic rings. The van der Waals surface area contributed by atoms with Crippen molar-refractivity contribution in [2.24, 2.45) is 5.92 Å². The molecule has 1 aliphatic carbocycles. The van der Waals surface area contributed by atoms with Gasteiger partial charge < -0.3 is 15.5 Å². The predicted octanol–water partition coefficient (Wildman–Crippen LogP) is 4.20. The monoisotopic (exact) mass is 461 g/mol. The van der Waals surface area contributed by atoms with Crippen LogP contribution in [0.3, 0.4) is 0 Å². The van der Waals surface area contributed by atoms with Gasteiger partial charge in [-0.1, -0.05) is 0 Å². The van der Waals surface area contributed by atoms with E-state index in [1.807, 2.05) is 13.0 Å².